The van der Waals surface area contributed by atoms with Crippen LogP contribution >= 0.6 is 31.9 Å². The van der Waals surface area contributed by atoms with Crippen LogP contribution in [0, 0.1) is 5.82 Å². The van der Waals surface area contributed by atoms with Crippen LogP contribution in [-0.4, -0.2) is 7.11 Å². The van der Waals surface area contributed by atoms with Gasteiger partial charge in [0.15, 0.2) is 0 Å². The van der Waals surface area contributed by atoms with E-state index >= 15 is 0 Å². The third-order valence-corrected chi connectivity index (χ3v) is 4.31. The maximum atomic E-state index is 13.2. The minimum absolute atomic E-state index is 0.136. The van der Waals surface area contributed by atoms with Crippen molar-refractivity contribution in [1.29, 1.82) is 0 Å². The van der Waals surface area contributed by atoms with Gasteiger partial charge in [0, 0.05) is 4.83 Å². The Labute approximate surface area is 129 Å². The molecule has 100 valence electrons. The highest BCUT2D eigenvalue weighted by Gasteiger charge is 2.11. The Morgan fingerprint density at radius 2 is 2.00 bits per heavy atom. The summed E-state index contributed by atoms with van der Waals surface area (Å²) in [7, 11) is 1.65. The van der Waals surface area contributed by atoms with Gasteiger partial charge in [-0.15, -0.1) is 0 Å². The van der Waals surface area contributed by atoms with E-state index in [1.807, 2.05) is 18.2 Å². The highest BCUT2D eigenvalue weighted by atomic mass is 79.9. The van der Waals surface area contributed by atoms with Crippen molar-refractivity contribution in [2.75, 3.05) is 7.11 Å². The molecule has 0 aliphatic rings. The Kier molecular flexibility index (Phi) is 4.99. The van der Waals surface area contributed by atoms with Gasteiger partial charge in [0.05, 0.1) is 11.6 Å². The fraction of sp³-hybridized carbons (Fsp3) is 0.200. The summed E-state index contributed by atoms with van der Waals surface area (Å²) in [5.74, 6) is 0.599. The number of hydrogen-bond donors (Lipinski definition) is 0. The molecule has 0 aromatic heterocycles. The second-order valence-corrected chi connectivity index (χ2v) is 6.16. The van der Waals surface area contributed by atoms with Crippen molar-refractivity contribution >= 4 is 31.9 Å². The molecule has 1 atom stereocenters. The fourth-order valence-electron chi connectivity index (χ4n) is 1.83. The first kappa shape index (κ1) is 14.5. The summed E-state index contributed by atoms with van der Waals surface area (Å²) in [5, 5.41) is 0. The molecule has 19 heavy (non-hydrogen) atoms. The Morgan fingerprint density at radius 1 is 1.21 bits per heavy atom. The van der Waals surface area contributed by atoms with Gasteiger partial charge in [-0.25, -0.2) is 4.39 Å². The van der Waals surface area contributed by atoms with Crippen LogP contribution in [0.3, 0.4) is 0 Å². The molecule has 2 aromatic carbocycles. The van der Waals surface area contributed by atoms with E-state index in [2.05, 4.69) is 37.9 Å². The molecule has 0 heterocycles. The van der Waals surface area contributed by atoms with Gasteiger partial charge >= 0.3 is 0 Å². The Balaban J connectivity index is 2.15. The van der Waals surface area contributed by atoms with E-state index in [4.69, 9.17) is 4.74 Å². The van der Waals surface area contributed by atoms with E-state index in [0.717, 1.165) is 17.7 Å². The summed E-state index contributed by atoms with van der Waals surface area (Å²) >= 11 is 6.85. The van der Waals surface area contributed by atoms with Crippen LogP contribution in [0.15, 0.2) is 46.9 Å². The zero-order chi connectivity index (χ0) is 13.8. The lowest BCUT2D eigenvalue weighted by Crippen LogP contribution is -1.96. The molecule has 0 bridgehead atoms. The molecule has 0 amide bonds. The van der Waals surface area contributed by atoms with Gasteiger partial charge < -0.3 is 4.74 Å². The number of benzene rings is 2. The molecule has 0 saturated carbocycles. The SMILES string of the molecule is COc1cccc(CC(Br)c2ccc(F)c(Br)c2)c1. The van der Waals surface area contributed by atoms with Crippen molar-refractivity contribution in [2.45, 2.75) is 11.2 Å². The minimum Gasteiger partial charge on any atom is -0.497 e. The van der Waals surface area contributed by atoms with Gasteiger partial charge in [-0.1, -0.05) is 34.1 Å². The molecule has 0 saturated heterocycles. The van der Waals surface area contributed by atoms with Gasteiger partial charge in [0.25, 0.3) is 0 Å². The van der Waals surface area contributed by atoms with Crippen LogP contribution in [0.2, 0.25) is 0 Å². The van der Waals surface area contributed by atoms with E-state index in [9.17, 15) is 4.39 Å². The maximum absolute atomic E-state index is 13.2. The zero-order valence-electron chi connectivity index (χ0n) is 10.4. The van der Waals surface area contributed by atoms with Crippen LogP contribution in [0.5, 0.6) is 5.75 Å². The Morgan fingerprint density at radius 3 is 2.68 bits per heavy atom. The van der Waals surface area contributed by atoms with E-state index < -0.39 is 0 Å². The molecule has 0 radical (unpaired) electrons. The normalized spacial score (nSPS) is 12.2. The molecule has 4 heteroatoms. The standard InChI is InChI=1S/C15H13Br2FO/c1-19-12-4-2-3-10(7-12)8-13(16)11-5-6-15(18)14(17)9-11/h2-7,9,13H,8H2,1H3. The molecule has 0 N–H and O–H groups in total. The summed E-state index contributed by atoms with van der Waals surface area (Å²) in [6.07, 6.45) is 0.815. The largest absolute Gasteiger partial charge is 0.497 e. The summed E-state index contributed by atoms with van der Waals surface area (Å²) < 4.78 is 18.9. The third-order valence-electron chi connectivity index (χ3n) is 2.85. The summed E-state index contributed by atoms with van der Waals surface area (Å²) in [6, 6.07) is 13.0. The predicted octanol–water partition coefficient (Wildman–Crippen LogP) is 5.28. The quantitative estimate of drug-likeness (QED) is 0.649. The molecular formula is C15H13Br2FO. The molecule has 0 spiro atoms. The van der Waals surface area contributed by atoms with Crippen LogP contribution in [0.4, 0.5) is 4.39 Å². The Hall–Kier alpha value is -0.870. The van der Waals surface area contributed by atoms with Gasteiger partial charge in [-0.05, 0) is 57.7 Å². The van der Waals surface area contributed by atoms with Crippen LogP contribution in [0.1, 0.15) is 16.0 Å². The summed E-state index contributed by atoms with van der Waals surface area (Å²) in [4.78, 5) is 0.136. The van der Waals surface area contributed by atoms with E-state index in [1.165, 1.54) is 11.6 Å². The second kappa shape index (κ2) is 6.53. The number of rotatable bonds is 4. The van der Waals surface area contributed by atoms with Gasteiger partial charge in [0.2, 0.25) is 0 Å². The molecule has 0 fully saturated rings. The van der Waals surface area contributed by atoms with Crippen molar-refractivity contribution in [3.05, 3.63) is 63.9 Å². The number of alkyl halides is 1. The third kappa shape index (κ3) is 3.80. The second-order valence-electron chi connectivity index (χ2n) is 4.20. The highest BCUT2D eigenvalue weighted by molar-refractivity contribution is 9.10. The fourth-order valence-corrected chi connectivity index (χ4v) is 2.89. The maximum Gasteiger partial charge on any atom is 0.137 e. The first-order valence-corrected chi connectivity index (χ1v) is 7.53. The predicted molar refractivity (Wildman–Crippen MR) is 82.5 cm³/mol. The van der Waals surface area contributed by atoms with Gasteiger partial charge in [-0.3, -0.25) is 0 Å². The lowest BCUT2D eigenvalue weighted by Gasteiger charge is -2.12. The Bertz CT molecular complexity index is 572. The lowest BCUT2D eigenvalue weighted by atomic mass is 10.0. The average molecular weight is 388 g/mol. The molecule has 0 aliphatic heterocycles. The van der Waals surface area contributed by atoms with Crippen molar-refractivity contribution in [3.8, 4) is 5.75 Å². The van der Waals surface area contributed by atoms with E-state index in [0.29, 0.717) is 4.47 Å². The molecule has 2 rings (SSSR count). The molecule has 1 unspecified atom stereocenters. The zero-order valence-corrected chi connectivity index (χ0v) is 13.5. The molecule has 0 aliphatic carbocycles. The first-order valence-electron chi connectivity index (χ1n) is 5.82. The smallest absolute Gasteiger partial charge is 0.137 e. The molecule has 2 aromatic rings. The summed E-state index contributed by atoms with van der Waals surface area (Å²) in [6.45, 7) is 0. The van der Waals surface area contributed by atoms with Crippen molar-refractivity contribution in [1.82, 2.24) is 0 Å². The number of halogens is 3. The highest BCUT2D eigenvalue weighted by Crippen LogP contribution is 2.30. The van der Waals surface area contributed by atoms with Gasteiger partial charge in [-0.2, -0.15) is 0 Å². The average Bonchev–Trinajstić information content (AvgIpc) is 2.42. The monoisotopic (exact) mass is 386 g/mol. The van der Waals surface area contributed by atoms with Crippen molar-refractivity contribution in [3.63, 3.8) is 0 Å². The van der Waals surface area contributed by atoms with Crippen LogP contribution in [0.25, 0.3) is 0 Å². The van der Waals surface area contributed by atoms with E-state index in [-0.39, 0.29) is 10.6 Å². The molecular weight excluding hydrogens is 375 g/mol. The van der Waals surface area contributed by atoms with E-state index in [1.54, 1.807) is 19.2 Å². The topological polar surface area (TPSA) is 9.23 Å². The van der Waals surface area contributed by atoms with Crippen molar-refractivity contribution in [2.24, 2.45) is 0 Å². The number of ether oxygens (including phenoxy) is 1. The first-order chi connectivity index (χ1) is 9.10. The summed E-state index contributed by atoms with van der Waals surface area (Å²) in [5.41, 5.74) is 2.21. The number of hydrogen-bond acceptors (Lipinski definition) is 1. The van der Waals surface area contributed by atoms with Crippen LogP contribution in [-0.2, 0) is 6.42 Å². The van der Waals surface area contributed by atoms with Crippen LogP contribution < -0.4 is 4.74 Å². The van der Waals surface area contributed by atoms with Crippen molar-refractivity contribution < 1.29 is 9.13 Å². The lowest BCUT2D eigenvalue weighted by molar-refractivity contribution is 0.414. The molecule has 1 nitrogen and oxygen atoms in total. The number of methoxy groups -OCH3 is 1. The minimum atomic E-state index is -0.246. The van der Waals surface area contributed by atoms with Gasteiger partial charge in [0.1, 0.15) is 11.6 Å².